The number of nitrogens with one attached hydrogen (secondary N) is 2. The summed E-state index contributed by atoms with van der Waals surface area (Å²) in [7, 11) is 3.10. The Labute approximate surface area is 180 Å². The molecular formula is C24H24N2O5. The monoisotopic (exact) mass is 420 g/mol. The molecule has 0 spiro atoms. The van der Waals surface area contributed by atoms with Crippen molar-refractivity contribution in [3.63, 3.8) is 0 Å². The normalized spacial score (nSPS) is 11.0. The fraction of sp³-hybridized carbons (Fsp3) is 0.167. The minimum Gasteiger partial charge on any atom is -0.493 e. The molecule has 2 aromatic carbocycles. The minimum absolute atomic E-state index is 0.0729. The highest BCUT2D eigenvalue weighted by Gasteiger charge is 2.16. The molecule has 2 amide bonds. The molecule has 3 aromatic rings. The minimum atomic E-state index is -0.451. The van der Waals surface area contributed by atoms with Gasteiger partial charge in [-0.3, -0.25) is 9.59 Å². The Morgan fingerprint density at radius 2 is 1.77 bits per heavy atom. The average molecular weight is 420 g/mol. The van der Waals surface area contributed by atoms with Gasteiger partial charge >= 0.3 is 0 Å². The lowest BCUT2D eigenvalue weighted by molar-refractivity contribution is -0.117. The van der Waals surface area contributed by atoms with Crippen LogP contribution in [0.2, 0.25) is 0 Å². The third-order valence-electron chi connectivity index (χ3n) is 4.61. The van der Waals surface area contributed by atoms with Crippen molar-refractivity contribution in [1.29, 1.82) is 0 Å². The van der Waals surface area contributed by atoms with Crippen LogP contribution in [0.5, 0.6) is 11.5 Å². The third kappa shape index (κ3) is 5.54. The Morgan fingerprint density at radius 1 is 1.00 bits per heavy atom. The standard InChI is InChI=1S/C24H24N2O5/c1-16-7-4-5-9-19(16)23(27)26-20(14-18-8-6-12-31-18)24(28)25-15-17-10-11-21(29-2)22(13-17)30-3/h4-14H,15H2,1-3H3,(H,25,28)(H,26,27)/b20-14-. The van der Waals surface area contributed by atoms with Crippen molar-refractivity contribution in [3.8, 4) is 11.5 Å². The van der Waals surface area contributed by atoms with Crippen LogP contribution in [0.15, 0.2) is 71.0 Å². The predicted molar refractivity (Wildman–Crippen MR) is 117 cm³/mol. The lowest BCUT2D eigenvalue weighted by atomic mass is 10.1. The first-order valence-electron chi connectivity index (χ1n) is 9.63. The Morgan fingerprint density at radius 3 is 2.45 bits per heavy atom. The average Bonchev–Trinajstić information content (AvgIpc) is 3.30. The zero-order chi connectivity index (χ0) is 22.2. The SMILES string of the molecule is COc1ccc(CNC(=O)/C(=C/c2ccco2)NC(=O)c2ccccc2C)cc1OC. The van der Waals surface area contributed by atoms with Crippen molar-refractivity contribution in [2.75, 3.05) is 14.2 Å². The van der Waals surface area contributed by atoms with E-state index in [0.717, 1.165) is 11.1 Å². The quantitative estimate of drug-likeness (QED) is 0.543. The van der Waals surface area contributed by atoms with E-state index < -0.39 is 5.91 Å². The van der Waals surface area contributed by atoms with E-state index in [-0.39, 0.29) is 18.1 Å². The van der Waals surface area contributed by atoms with Crippen molar-refractivity contribution in [2.45, 2.75) is 13.5 Å². The van der Waals surface area contributed by atoms with Crippen LogP contribution >= 0.6 is 0 Å². The molecule has 2 N–H and O–H groups in total. The number of aryl methyl sites for hydroxylation is 1. The molecule has 0 aliphatic rings. The molecule has 0 aliphatic carbocycles. The molecule has 0 radical (unpaired) electrons. The second-order valence-electron chi connectivity index (χ2n) is 6.71. The van der Waals surface area contributed by atoms with E-state index in [1.807, 2.05) is 25.1 Å². The van der Waals surface area contributed by atoms with Crippen LogP contribution in [0.25, 0.3) is 6.08 Å². The summed E-state index contributed by atoms with van der Waals surface area (Å²) in [6.45, 7) is 2.07. The summed E-state index contributed by atoms with van der Waals surface area (Å²) in [4.78, 5) is 25.6. The van der Waals surface area contributed by atoms with Crippen LogP contribution in [0.4, 0.5) is 0 Å². The molecule has 0 atom stereocenters. The molecule has 1 aromatic heterocycles. The largest absolute Gasteiger partial charge is 0.493 e. The molecule has 0 saturated heterocycles. The van der Waals surface area contributed by atoms with E-state index in [2.05, 4.69) is 10.6 Å². The maximum absolute atomic E-state index is 12.9. The molecule has 160 valence electrons. The number of benzene rings is 2. The maximum Gasteiger partial charge on any atom is 0.268 e. The molecule has 3 rings (SSSR count). The number of amides is 2. The van der Waals surface area contributed by atoms with Gasteiger partial charge in [0, 0.05) is 18.2 Å². The van der Waals surface area contributed by atoms with Crippen LogP contribution in [0, 0.1) is 6.92 Å². The zero-order valence-corrected chi connectivity index (χ0v) is 17.6. The second-order valence-corrected chi connectivity index (χ2v) is 6.71. The van der Waals surface area contributed by atoms with Gasteiger partial charge in [0.05, 0.1) is 20.5 Å². The summed E-state index contributed by atoms with van der Waals surface area (Å²) >= 11 is 0. The number of hydrogen-bond acceptors (Lipinski definition) is 5. The summed E-state index contributed by atoms with van der Waals surface area (Å²) in [5, 5.41) is 5.51. The predicted octanol–water partition coefficient (Wildman–Crippen LogP) is 3.69. The van der Waals surface area contributed by atoms with Gasteiger partial charge in [0.1, 0.15) is 11.5 Å². The zero-order valence-electron chi connectivity index (χ0n) is 17.6. The van der Waals surface area contributed by atoms with Gasteiger partial charge < -0.3 is 24.5 Å². The highest BCUT2D eigenvalue weighted by atomic mass is 16.5. The number of ether oxygens (including phenoxy) is 2. The number of hydrogen-bond donors (Lipinski definition) is 2. The Hall–Kier alpha value is -4.00. The highest BCUT2D eigenvalue weighted by molar-refractivity contribution is 6.05. The van der Waals surface area contributed by atoms with Gasteiger partial charge in [0.25, 0.3) is 11.8 Å². The lowest BCUT2D eigenvalue weighted by Crippen LogP contribution is -2.34. The van der Waals surface area contributed by atoms with Crippen LogP contribution in [-0.2, 0) is 11.3 Å². The summed E-state index contributed by atoms with van der Waals surface area (Å²) in [6, 6.07) is 15.9. The van der Waals surface area contributed by atoms with E-state index in [1.54, 1.807) is 50.6 Å². The Balaban J connectivity index is 1.77. The van der Waals surface area contributed by atoms with E-state index in [9.17, 15) is 9.59 Å². The number of carbonyl (C=O) groups excluding carboxylic acids is 2. The molecule has 7 nitrogen and oxygen atoms in total. The Kier molecular flexibility index (Phi) is 7.11. The summed E-state index contributed by atoms with van der Waals surface area (Å²) in [5.41, 5.74) is 2.18. The molecule has 31 heavy (non-hydrogen) atoms. The smallest absolute Gasteiger partial charge is 0.268 e. The third-order valence-corrected chi connectivity index (χ3v) is 4.61. The number of methoxy groups -OCH3 is 2. The lowest BCUT2D eigenvalue weighted by Gasteiger charge is -2.13. The first kappa shape index (κ1) is 21.7. The molecular weight excluding hydrogens is 396 g/mol. The maximum atomic E-state index is 12.9. The van der Waals surface area contributed by atoms with Crippen molar-refractivity contribution < 1.29 is 23.5 Å². The number of rotatable bonds is 8. The van der Waals surface area contributed by atoms with Gasteiger partial charge in [0.15, 0.2) is 11.5 Å². The van der Waals surface area contributed by atoms with Crippen molar-refractivity contribution in [1.82, 2.24) is 10.6 Å². The van der Waals surface area contributed by atoms with Crippen LogP contribution < -0.4 is 20.1 Å². The molecule has 0 saturated carbocycles. The molecule has 0 unspecified atom stereocenters. The highest BCUT2D eigenvalue weighted by Crippen LogP contribution is 2.27. The van der Waals surface area contributed by atoms with Gasteiger partial charge in [-0.25, -0.2) is 0 Å². The fourth-order valence-electron chi connectivity index (χ4n) is 2.96. The fourth-order valence-corrected chi connectivity index (χ4v) is 2.96. The number of furan rings is 1. The van der Waals surface area contributed by atoms with E-state index >= 15 is 0 Å². The van der Waals surface area contributed by atoms with Gasteiger partial charge in [0.2, 0.25) is 0 Å². The van der Waals surface area contributed by atoms with Crippen molar-refractivity contribution >= 4 is 17.9 Å². The molecule has 0 fully saturated rings. The van der Waals surface area contributed by atoms with E-state index in [1.165, 1.54) is 12.3 Å². The summed E-state index contributed by atoms with van der Waals surface area (Å²) in [5.74, 6) is 0.779. The van der Waals surface area contributed by atoms with Crippen molar-refractivity contribution in [2.24, 2.45) is 0 Å². The molecule has 7 heteroatoms. The first-order chi connectivity index (χ1) is 15.0. The van der Waals surface area contributed by atoms with E-state index in [4.69, 9.17) is 13.9 Å². The van der Waals surface area contributed by atoms with Gasteiger partial charge in [-0.1, -0.05) is 24.3 Å². The molecule has 0 aliphatic heterocycles. The van der Waals surface area contributed by atoms with Crippen LogP contribution in [0.1, 0.15) is 27.2 Å². The van der Waals surface area contributed by atoms with Crippen molar-refractivity contribution in [3.05, 3.63) is 89.0 Å². The topological polar surface area (TPSA) is 89.8 Å². The summed E-state index contributed by atoms with van der Waals surface area (Å²) < 4.78 is 15.8. The van der Waals surface area contributed by atoms with Gasteiger partial charge in [-0.05, 0) is 48.4 Å². The van der Waals surface area contributed by atoms with E-state index in [0.29, 0.717) is 22.8 Å². The number of carbonyl (C=O) groups is 2. The van der Waals surface area contributed by atoms with Gasteiger partial charge in [-0.2, -0.15) is 0 Å². The summed E-state index contributed by atoms with van der Waals surface area (Å²) in [6.07, 6.45) is 2.98. The molecule has 0 bridgehead atoms. The van der Waals surface area contributed by atoms with Crippen LogP contribution in [-0.4, -0.2) is 26.0 Å². The van der Waals surface area contributed by atoms with Crippen LogP contribution in [0.3, 0.4) is 0 Å². The van der Waals surface area contributed by atoms with Gasteiger partial charge in [-0.15, -0.1) is 0 Å². The Bertz CT molecular complexity index is 1090. The first-order valence-corrected chi connectivity index (χ1v) is 9.63. The second kappa shape index (κ2) is 10.2. The molecule has 1 heterocycles.